The summed E-state index contributed by atoms with van der Waals surface area (Å²) < 4.78 is 27.8. The van der Waals surface area contributed by atoms with Gasteiger partial charge in [0.15, 0.2) is 0 Å². The maximum atomic E-state index is 12.4. The second kappa shape index (κ2) is 7.51. The molecule has 1 heterocycles. The highest BCUT2D eigenvalue weighted by molar-refractivity contribution is 7.88. The van der Waals surface area contributed by atoms with Crippen molar-refractivity contribution in [3.63, 3.8) is 0 Å². The van der Waals surface area contributed by atoms with Crippen molar-refractivity contribution in [2.45, 2.75) is 31.2 Å². The molecule has 2 aromatic rings. The van der Waals surface area contributed by atoms with Gasteiger partial charge < -0.3 is 0 Å². The normalized spacial score (nSPS) is 25.6. The summed E-state index contributed by atoms with van der Waals surface area (Å²) in [5.41, 5.74) is 2.17. The van der Waals surface area contributed by atoms with Crippen molar-refractivity contribution in [3.8, 4) is 0 Å². The molecule has 3 atom stereocenters. The fraction of sp³-hybridized carbons (Fsp3) is 0.429. The number of hydrogen-bond donors (Lipinski definition) is 1. The molecule has 0 spiro atoms. The number of piperidine rings is 1. The summed E-state index contributed by atoms with van der Waals surface area (Å²) in [6.07, 6.45) is 2.41. The molecule has 0 aromatic heterocycles. The van der Waals surface area contributed by atoms with Crippen molar-refractivity contribution >= 4 is 10.0 Å². The Morgan fingerprint density at radius 2 is 1.58 bits per heavy atom. The highest BCUT2D eigenvalue weighted by atomic mass is 32.2. The van der Waals surface area contributed by atoms with Crippen LogP contribution in [0.15, 0.2) is 60.7 Å². The third-order valence-corrected chi connectivity index (χ3v) is 7.16. The van der Waals surface area contributed by atoms with Crippen molar-refractivity contribution in [2.75, 3.05) is 13.1 Å². The Labute approximate surface area is 156 Å². The van der Waals surface area contributed by atoms with Crippen molar-refractivity contribution in [3.05, 3.63) is 71.8 Å². The van der Waals surface area contributed by atoms with E-state index in [2.05, 4.69) is 33.9 Å². The summed E-state index contributed by atoms with van der Waals surface area (Å²) in [4.78, 5) is 2.54. The molecule has 1 N–H and O–H groups in total. The van der Waals surface area contributed by atoms with Crippen molar-refractivity contribution in [1.29, 1.82) is 0 Å². The maximum absolute atomic E-state index is 12.4. The van der Waals surface area contributed by atoms with Gasteiger partial charge in [-0.2, -0.15) is 0 Å². The van der Waals surface area contributed by atoms with E-state index in [1.54, 1.807) is 0 Å². The zero-order chi connectivity index (χ0) is 18.0. The largest absolute Gasteiger partial charge is 0.296 e. The van der Waals surface area contributed by atoms with Gasteiger partial charge in [0.05, 0.1) is 5.75 Å². The summed E-state index contributed by atoms with van der Waals surface area (Å²) >= 11 is 0. The maximum Gasteiger partial charge on any atom is 0.215 e. The van der Waals surface area contributed by atoms with E-state index < -0.39 is 10.0 Å². The predicted molar refractivity (Wildman–Crippen MR) is 104 cm³/mol. The van der Waals surface area contributed by atoms with Gasteiger partial charge in [-0.25, -0.2) is 13.1 Å². The van der Waals surface area contributed by atoms with Crippen LogP contribution >= 0.6 is 0 Å². The van der Waals surface area contributed by atoms with Crippen LogP contribution in [0.25, 0.3) is 0 Å². The van der Waals surface area contributed by atoms with Crippen LogP contribution in [0.2, 0.25) is 0 Å². The lowest BCUT2D eigenvalue weighted by atomic mass is 9.99. The summed E-state index contributed by atoms with van der Waals surface area (Å²) in [6, 6.07) is 20.4. The topological polar surface area (TPSA) is 49.4 Å². The molecule has 1 aliphatic carbocycles. The Balaban J connectivity index is 1.35. The van der Waals surface area contributed by atoms with Crippen LogP contribution in [0.5, 0.6) is 0 Å². The average Bonchev–Trinajstić information content (AvgIpc) is 3.18. The third-order valence-electron chi connectivity index (χ3n) is 5.84. The molecule has 138 valence electrons. The Morgan fingerprint density at radius 3 is 2.27 bits per heavy atom. The van der Waals surface area contributed by atoms with Gasteiger partial charge in [-0.3, -0.25) is 4.90 Å². The van der Waals surface area contributed by atoms with Crippen molar-refractivity contribution in [2.24, 2.45) is 11.8 Å². The zero-order valence-electron chi connectivity index (χ0n) is 14.9. The van der Waals surface area contributed by atoms with E-state index in [0.29, 0.717) is 24.4 Å². The van der Waals surface area contributed by atoms with E-state index in [1.165, 1.54) is 18.4 Å². The second-order valence-electron chi connectivity index (χ2n) is 7.58. The molecular weight excluding hydrogens is 344 g/mol. The molecule has 26 heavy (non-hydrogen) atoms. The summed E-state index contributed by atoms with van der Waals surface area (Å²) in [5, 5.41) is 0. The highest BCUT2D eigenvalue weighted by Crippen LogP contribution is 2.43. The SMILES string of the molecule is O=S(=O)(Cc1ccccc1)NCC1C2CCC1N(Cc1ccccc1)C2. The molecule has 2 aromatic carbocycles. The Kier molecular flexibility index (Phi) is 5.11. The highest BCUT2D eigenvalue weighted by Gasteiger charge is 2.46. The van der Waals surface area contributed by atoms with Crippen LogP contribution in [-0.2, 0) is 22.3 Å². The van der Waals surface area contributed by atoms with Gasteiger partial charge in [0, 0.05) is 25.7 Å². The summed E-state index contributed by atoms with van der Waals surface area (Å²) in [5.74, 6) is 1.11. The Hall–Kier alpha value is -1.69. The first-order chi connectivity index (χ1) is 12.6. The van der Waals surface area contributed by atoms with Crippen LogP contribution in [0.3, 0.4) is 0 Å². The van der Waals surface area contributed by atoms with E-state index in [-0.39, 0.29) is 5.75 Å². The predicted octanol–water partition coefficient (Wildman–Crippen LogP) is 3.02. The molecule has 4 rings (SSSR count). The molecular formula is C21H26N2O2S. The lowest BCUT2D eigenvalue weighted by Gasteiger charge is -2.27. The molecule has 0 amide bonds. The van der Waals surface area contributed by atoms with E-state index in [0.717, 1.165) is 18.7 Å². The molecule has 1 saturated heterocycles. The molecule has 1 saturated carbocycles. The number of fused-ring (bicyclic) bond motifs is 2. The first-order valence-electron chi connectivity index (χ1n) is 9.40. The van der Waals surface area contributed by atoms with Crippen LogP contribution in [0.1, 0.15) is 24.0 Å². The number of nitrogens with one attached hydrogen (secondary N) is 1. The molecule has 3 unspecified atom stereocenters. The first-order valence-corrected chi connectivity index (χ1v) is 11.1. The van der Waals surface area contributed by atoms with Gasteiger partial charge in [-0.15, -0.1) is 0 Å². The molecule has 2 fully saturated rings. The van der Waals surface area contributed by atoms with E-state index in [1.807, 2.05) is 36.4 Å². The number of sulfonamides is 1. The number of nitrogens with zero attached hydrogens (tertiary/aromatic N) is 1. The number of hydrogen-bond acceptors (Lipinski definition) is 3. The minimum absolute atomic E-state index is 0.0591. The average molecular weight is 371 g/mol. The molecule has 5 heteroatoms. The fourth-order valence-electron chi connectivity index (χ4n) is 4.61. The Bertz CT molecular complexity index is 824. The quantitative estimate of drug-likeness (QED) is 0.815. The smallest absolute Gasteiger partial charge is 0.215 e. The lowest BCUT2D eigenvalue weighted by molar-refractivity contribution is 0.198. The van der Waals surface area contributed by atoms with Crippen molar-refractivity contribution in [1.82, 2.24) is 9.62 Å². The zero-order valence-corrected chi connectivity index (χ0v) is 15.7. The number of rotatable bonds is 7. The standard InChI is InChI=1S/C21H26N2O2S/c24-26(25,16-18-9-5-2-6-10-18)22-13-20-19-11-12-21(20)23(15-19)14-17-7-3-1-4-8-17/h1-10,19-22H,11-16H2. The van der Waals surface area contributed by atoms with Crippen LogP contribution < -0.4 is 4.72 Å². The van der Waals surface area contributed by atoms with E-state index in [4.69, 9.17) is 0 Å². The molecule has 2 bridgehead atoms. The molecule has 0 radical (unpaired) electrons. The lowest BCUT2D eigenvalue weighted by Crippen LogP contribution is -2.37. The van der Waals surface area contributed by atoms with Crippen LogP contribution in [0.4, 0.5) is 0 Å². The molecule has 4 nitrogen and oxygen atoms in total. The minimum Gasteiger partial charge on any atom is -0.296 e. The third kappa shape index (κ3) is 4.00. The fourth-order valence-corrected chi connectivity index (χ4v) is 5.79. The van der Waals surface area contributed by atoms with Gasteiger partial charge in [0.1, 0.15) is 0 Å². The van der Waals surface area contributed by atoms with Gasteiger partial charge in [-0.05, 0) is 35.8 Å². The van der Waals surface area contributed by atoms with Gasteiger partial charge in [0.2, 0.25) is 10.0 Å². The summed E-state index contributed by atoms with van der Waals surface area (Å²) in [6.45, 7) is 2.62. The van der Waals surface area contributed by atoms with Crippen LogP contribution in [-0.4, -0.2) is 32.4 Å². The van der Waals surface area contributed by atoms with Crippen LogP contribution in [0, 0.1) is 11.8 Å². The van der Waals surface area contributed by atoms with Crippen molar-refractivity contribution < 1.29 is 8.42 Å². The first kappa shape index (κ1) is 17.7. The Morgan fingerprint density at radius 1 is 0.923 bits per heavy atom. The minimum atomic E-state index is -3.29. The molecule has 1 aliphatic heterocycles. The van der Waals surface area contributed by atoms with Gasteiger partial charge in [-0.1, -0.05) is 60.7 Å². The number of benzene rings is 2. The van der Waals surface area contributed by atoms with Gasteiger partial charge in [0.25, 0.3) is 0 Å². The second-order valence-corrected chi connectivity index (χ2v) is 9.38. The molecule has 2 aliphatic rings. The van der Waals surface area contributed by atoms with E-state index in [9.17, 15) is 8.42 Å². The van der Waals surface area contributed by atoms with E-state index >= 15 is 0 Å². The number of likely N-dealkylation sites (tertiary alicyclic amines) is 1. The summed E-state index contributed by atoms with van der Waals surface area (Å²) in [7, 11) is -3.29. The monoisotopic (exact) mass is 370 g/mol. The van der Waals surface area contributed by atoms with Gasteiger partial charge >= 0.3 is 0 Å².